The van der Waals surface area contributed by atoms with Gasteiger partial charge in [0.05, 0.1) is 0 Å². The molecule has 0 fully saturated rings. The van der Waals surface area contributed by atoms with Gasteiger partial charge in [-0.2, -0.15) is 0 Å². The first-order chi connectivity index (χ1) is 5.83. The molecular formula is C7H13N3OS. The van der Waals surface area contributed by atoms with E-state index in [4.69, 9.17) is 10.5 Å². The van der Waals surface area contributed by atoms with Crippen molar-refractivity contribution in [2.75, 3.05) is 12.3 Å². The first-order valence-electron chi connectivity index (χ1n) is 3.98. The molecule has 0 aliphatic rings. The molecule has 0 amide bonds. The molecule has 1 heterocycles. The predicted octanol–water partition coefficient (Wildman–Crippen LogP) is 1.44. The van der Waals surface area contributed by atoms with Gasteiger partial charge in [0.25, 0.3) is 0 Å². The summed E-state index contributed by atoms with van der Waals surface area (Å²) >= 11 is 1.38. The standard InChI is InChI=1S/C7H13N3OS/c1-2-3-4-11-5-6-9-10-7(8)12-6/h2-5H2,1H3,(H2,8,10). The van der Waals surface area contributed by atoms with E-state index in [2.05, 4.69) is 17.1 Å². The highest BCUT2D eigenvalue weighted by Crippen LogP contribution is 2.11. The van der Waals surface area contributed by atoms with Crippen molar-refractivity contribution < 1.29 is 4.74 Å². The van der Waals surface area contributed by atoms with E-state index >= 15 is 0 Å². The SMILES string of the molecule is CCCCOCc1nnc(N)s1. The van der Waals surface area contributed by atoms with Gasteiger partial charge in [-0.05, 0) is 6.42 Å². The molecule has 12 heavy (non-hydrogen) atoms. The van der Waals surface area contributed by atoms with E-state index in [1.807, 2.05) is 0 Å². The van der Waals surface area contributed by atoms with Gasteiger partial charge in [-0.3, -0.25) is 0 Å². The Morgan fingerprint density at radius 3 is 2.92 bits per heavy atom. The van der Waals surface area contributed by atoms with Crippen LogP contribution in [0.4, 0.5) is 5.13 Å². The molecule has 1 aromatic heterocycles. The highest BCUT2D eigenvalue weighted by molar-refractivity contribution is 7.15. The fourth-order valence-corrected chi connectivity index (χ4v) is 1.28. The van der Waals surface area contributed by atoms with Crippen LogP contribution in [0.3, 0.4) is 0 Å². The van der Waals surface area contributed by atoms with Gasteiger partial charge in [0, 0.05) is 6.61 Å². The van der Waals surface area contributed by atoms with Crippen molar-refractivity contribution in [3.05, 3.63) is 5.01 Å². The number of nitrogens with two attached hydrogens (primary N) is 1. The van der Waals surface area contributed by atoms with Crippen LogP contribution in [0.25, 0.3) is 0 Å². The Kier molecular flexibility index (Phi) is 3.96. The van der Waals surface area contributed by atoms with Crippen molar-refractivity contribution in [3.8, 4) is 0 Å². The van der Waals surface area contributed by atoms with Crippen molar-refractivity contribution in [2.24, 2.45) is 0 Å². The summed E-state index contributed by atoms with van der Waals surface area (Å²) in [5, 5.41) is 8.87. The fourth-order valence-electron chi connectivity index (χ4n) is 0.731. The molecule has 4 nitrogen and oxygen atoms in total. The zero-order valence-electron chi connectivity index (χ0n) is 7.12. The third-order valence-corrected chi connectivity index (χ3v) is 2.08. The zero-order valence-corrected chi connectivity index (χ0v) is 7.93. The molecule has 0 aliphatic carbocycles. The molecule has 0 bridgehead atoms. The lowest BCUT2D eigenvalue weighted by Gasteiger charge is -1.97. The number of aromatic nitrogens is 2. The summed E-state index contributed by atoms with van der Waals surface area (Å²) in [4.78, 5) is 0. The van der Waals surface area contributed by atoms with Crippen LogP contribution < -0.4 is 5.73 Å². The third kappa shape index (κ3) is 3.15. The van der Waals surface area contributed by atoms with Gasteiger partial charge in [0.15, 0.2) is 0 Å². The lowest BCUT2D eigenvalue weighted by Crippen LogP contribution is -1.94. The molecule has 0 spiro atoms. The Labute approximate surface area is 75.8 Å². The van der Waals surface area contributed by atoms with Crippen LogP contribution >= 0.6 is 11.3 Å². The van der Waals surface area contributed by atoms with Crippen molar-refractivity contribution in [1.82, 2.24) is 10.2 Å². The minimum atomic E-state index is 0.504. The molecule has 0 saturated heterocycles. The molecule has 0 unspecified atom stereocenters. The smallest absolute Gasteiger partial charge is 0.203 e. The van der Waals surface area contributed by atoms with Crippen LogP contribution in [0.1, 0.15) is 24.8 Å². The Morgan fingerprint density at radius 2 is 2.33 bits per heavy atom. The summed E-state index contributed by atoms with van der Waals surface area (Å²) in [7, 11) is 0. The summed E-state index contributed by atoms with van der Waals surface area (Å²) in [6.45, 7) is 3.46. The number of anilines is 1. The molecule has 0 aromatic carbocycles. The average Bonchev–Trinajstić information content (AvgIpc) is 2.45. The molecular weight excluding hydrogens is 174 g/mol. The van der Waals surface area contributed by atoms with Gasteiger partial charge in [0.2, 0.25) is 5.13 Å². The molecule has 5 heteroatoms. The number of nitrogens with zero attached hydrogens (tertiary/aromatic N) is 2. The lowest BCUT2D eigenvalue weighted by molar-refractivity contribution is 0.117. The monoisotopic (exact) mass is 187 g/mol. The molecule has 0 atom stereocenters. The van der Waals surface area contributed by atoms with Gasteiger partial charge in [0.1, 0.15) is 11.6 Å². The minimum absolute atomic E-state index is 0.504. The molecule has 1 aromatic rings. The summed E-state index contributed by atoms with van der Waals surface area (Å²) in [6.07, 6.45) is 2.24. The number of nitrogen functional groups attached to an aromatic ring is 1. The number of rotatable bonds is 5. The molecule has 1 rings (SSSR count). The Bertz CT molecular complexity index is 226. The fraction of sp³-hybridized carbons (Fsp3) is 0.714. The predicted molar refractivity (Wildman–Crippen MR) is 48.9 cm³/mol. The van der Waals surface area contributed by atoms with Gasteiger partial charge >= 0.3 is 0 Å². The van der Waals surface area contributed by atoms with Crippen LogP contribution in [0.15, 0.2) is 0 Å². The summed E-state index contributed by atoms with van der Waals surface area (Å²) in [5.74, 6) is 0. The van der Waals surface area contributed by atoms with Crippen LogP contribution in [-0.4, -0.2) is 16.8 Å². The average molecular weight is 187 g/mol. The first kappa shape index (κ1) is 9.41. The molecule has 0 saturated carbocycles. The Morgan fingerprint density at radius 1 is 1.50 bits per heavy atom. The minimum Gasteiger partial charge on any atom is -0.374 e. The zero-order chi connectivity index (χ0) is 8.81. The first-order valence-corrected chi connectivity index (χ1v) is 4.80. The quantitative estimate of drug-likeness (QED) is 0.708. The Balaban J connectivity index is 2.15. The highest BCUT2D eigenvalue weighted by Gasteiger charge is 1.99. The summed E-state index contributed by atoms with van der Waals surface area (Å²) in [5.41, 5.74) is 5.40. The van der Waals surface area contributed by atoms with E-state index in [1.165, 1.54) is 11.3 Å². The van der Waals surface area contributed by atoms with Gasteiger partial charge < -0.3 is 10.5 Å². The van der Waals surface area contributed by atoms with Crippen molar-refractivity contribution in [2.45, 2.75) is 26.4 Å². The topological polar surface area (TPSA) is 61.0 Å². The van der Waals surface area contributed by atoms with E-state index in [-0.39, 0.29) is 0 Å². The second kappa shape index (κ2) is 5.05. The van der Waals surface area contributed by atoms with Gasteiger partial charge in [-0.15, -0.1) is 10.2 Å². The van der Waals surface area contributed by atoms with Crippen LogP contribution in [0, 0.1) is 0 Å². The summed E-state index contributed by atoms with van der Waals surface area (Å²) in [6, 6.07) is 0. The van der Waals surface area contributed by atoms with Crippen LogP contribution in [0.5, 0.6) is 0 Å². The van der Waals surface area contributed by atoms with Crippen LogP contribution in [0.2, 0.25) is 0 Å². The van der Waals surface area contributed by atoms with Crippen molar-refractivity contribution in [3.63, 3.8) is 0 Å². The van der Waals surface area contributed by atoms with Crippen LogP contribution in [-0.2, 0) is 11.3 Å². The van der Waals surface area contributed by atoms with Crippen molar-refractivity contribution in [1.29, 1.82) is 0 Å². The summed E-state index contributed by atoms with van der Waals surface area (Å²) < 4.78 is 5.33. The van der Waals surface area contributed by atoms with Gasteiger partial charge in [-0.1, -0.05) is 24.7 Å². The number of ether oxygens (including phenoxy) is 1. The highest BCUT2D eigenvalue weighted by atomic mass is 32.1. The van der Waals surface area contributed by atoms with E-state index in [1.54, 1.807) is 0 Å². The number of unbranched alkanes of at least 4 members (excludes halogenated alkanes) is 1. The maximum absolute atomic E-state index is 5.40. The maximum Gasteiger partial charge on any atom is 0.203 e. The number of hydrogen-bond acceptors (Lipinski definition) is 5. The van der Waals surface area contributed by atoms with Gasteiger partial charge in [-0.25, -0.2) is 0 Å². The number of hydrogen-bond donors (Lipinski definition) is 1. The second-order valence-electron chi connectivity index (χ2n) is 2.44. The lowest BCUT2D eigenvalue weighted by atomic mass is 10.4. The van der Waals surface area contributed by atoms with Crippen molar-refractivity contribution >= 4 is 16.5 Å². The Hall–Kier alpha value is -0.680. The van der Waals surface area contributed by atoms with E-state index in [0.717, 1.165) is 24.5 Å². The van der Waals surface area contributed by atoms with E-state index in [0.29, 0.717) is 11.7 Å². The normalized spacial score (nSPS) is 10.4. The van der Waals surface area contributed by atoms with E-state index in [9.17, 15) is 0 Å². The maximum atomic E-state index is 5.40. The third-order valence-electron chi connectivity index (χ3n) is 1.35. The molecule has 0 aliphatic heterocycles. The molecule has 0 radical (unpaired) electrons. The molecule has 68 valence electrons. The largest absolute Gasteiger partial charge is 0.374 e. The molecule has 2 N–H and O–H groups in total. The van der Waals surface area contributed by atoms with E-state index < -0.39 is 0 Å². The second-order valence-corrected chi connectivity index (χ2v) is 3.53.